The van der Waals surface area contributed by atoms with Crippen molar-refractivity contribution in [2.24, 2.45) is 9.98 Å². The minimum Gasteiger partial charge on any atom is -0.261 e. The van der Waals surface area contributed by atoms with Crippen LogP contribution in [0, 0.1) is 0 Å². The molecule has 0 atom stereocenters. The SMILES string of the molecule is C(=NC(=NCc1ccccc1)c1ccccc1)c1cccc2sc3ccc(-c4cccc(-c5ccc(-c6ccccc6)cc5)c4-c4ccccc4)cc3c12. The molecule has 0 aliphatic carbocycles. The Morgan fingerprint density at radius 3 is 1.76 bits per heavy atom. The summed E-state index contributed by atoms with van der Waals surface area (Å²) in [5.74, 6) is 0.720. The van der Waals surface area contributed by atoms with Crippen LogP contribution < -0.4 is 0 Å². The van der Waals surface area contributed by atoms with Gasteiger partial charge in [-0.05, 0) is 68.3 Å². The molecule has 0 saturated carbocycles. The third kappa shape index (κ3) is 6.81. The molecule has 0 amide bonds. The number of nitrogens with zero attached hydrogens (tertiary/aromatic N) is 2. The van der Waals surface area contributed by atoms with Crippen LogP contribution in [0.25, 0.3) is 64.7 Å². The first-order chi connectivity index (χ1) is 26.8. The Morgan fingerprint density at radius 1 is 0.463 bits per heavy atom. The number of fused-ring (bicyclic) bond motifs is 3. The third-order valence-corrected chi connectivity index (χ3v) is 11.0. The number of hydrogen-bond acceptors (Lipinski definition) is 2. The minimum atomic E-state index is 0.567. The predicted molar refractivity (Wildman–Crippen MR) is 232 cm³/mol. The average molecular weight is 709 g/mol. The van der Waals surface area contributed by atoms with Crippen molar-refractivity contribution in [3.05, 3.63) is 217 Å². The second kappa shape index (κ2) is 15.1. The molecule has 0 N–H and O–H groups in total. The zero-order valence-electron chi connectivity index (χ0n) is 29.6. The maximum atomic E-state index is 5.05. The van der Waals surface area contributed by atoms with Gasteiger partial charge in [0.1, 0.15) is 0 Å². The zero-order chi connectivity index (χ0) is 36.1. The lowest BCUT2D eigenvalue weighted by molar-refractivity contribution is 1.06. The quantitative estimate of drug-likeness (QED) is 0.111. The van der Waals surface area contributed by atoms with E-state index >= 15 is 0 Å². The summed E-state index contributed by atoms with van der Waals surface area (Å²) >= 11 is 1.83. The summed E-state index contributed by atoms with van der Waals surface area (Å²) in [6.07, 6.45) is 1.99. The van der Waals surface area contributed by atoms with Gasteiger partial charge < -0.3 is 0 Å². The fraction of sp³-hybridized carbons (Fsp3) is 0.0196. The van der Waals surface area contributed by atoms with Gasteiger partial charge in [-0.1, -0.05) is 182 Å². The van der Waals surface area contributed by atoms with Gasteiger partial charge in [-0.3, -0.25) is 4.99 Å². The van der Waals surface area contributed by atoms with Crippen molar-refractivity contribution < 1.29 is 0 Å². The summed E-state index contributed by atoms with van der Waals surface area (Å²) in [4.78, 5) is 10.0. The van der Waals surface area contributed by atoms with Gasteiger partial charge in [0, 0.05) is 37.5 Å². The monoisotopic (exact) mass is 708 g/mol. The van der Waals surface area contributed by atoms with E-state index in [4.69, 9.17) is 9.98 Å². The average Bonchev–Trinajstić information content (AvgIpc) is 3.63. The predicted octanol–water partition coefficient (Wildman–Crippen LogP) is 13.8. The third-order valence-electron chi connectivity index (χ3n) is 9.88. The van der Waals surface area contributed by atoms with Crippen LogP contribution in [0.1, 0.15) is 16.7 Å². The molecule has 8 aromatic carbocycles. The number of rotatable bonds is 8. The molecule has 3 heteroatoms. The molecule has 1 heterocycles. The molecule has 1 aromatic heterocycles. The summed E-state index contributed by atoms with van der Waals surface area (Å²) in [5, 5.41) is 2.45. The smallest absolute Gasteiger partial charge is 0.154 e. The van der Waals surface area contributed by atoms with Gasteiger partial charge in [0.05, 0.1) is 6.54 Å². The summed E-state index contributed by atoms with van der Waals surface area (Å²) in [6.45, 7) is 0.567. The number of thiophene rings is 1. The second-order valence-corrected chi connectivity index (χ2v) is 14.4. The van der Waals surface area contributed by atoms with Crippen molar-refractivity contribution >= 4 is 43.6 Å². The fourth-order valence-corrected chi connectivity index (χ4v) is 8.35. The highest BCUT2D eigenvalue weighted by molar-refractivity contribution is 7.25. The number of hydrogen-bond donors (Lipinski definition) is 0. The minimum absolute atomic E-state index is 0.567. The largest absolute Gasteiger partial charge is 0.261 e. The van der Waals surface area contributed by atoms with Crippen LogP contribution in [0.2, 0.25) is 0 Å². The fourth-order valence-electron chi connectivity index (χ4n) is 7.23. The molecule has 0 spiro atoms. The summed E-state index contributed by atoms with van der Waals surface area (Å²) < 4.78 is 2.49. The number of amidine groups is 1. The Kier molecular flexibility index (Phi) is 9.29. The van der Waals surface area contributed by atoms with E-state index in [9.17, 15) is 0 Å². The highest BCUT2D eigenvalue weighted by Gasteiger charge is 2.16. The Bertz CT molecular complexity index is 2750. The highest BCUT2D eigenvalue weighted by Crippen LogP contribution is 2.43. The number of aliphatic imine (C=N–C) groups is 2. The van der Waals surface area contributed by atoms with Crippen LogP contribution in [-0.2, 0) is 6.54 Å². The van der Waals surface area contributed by atoms with Crippen LogP contribution in [0.5, 0.6) is 0 Å². The molecule has 54 heavy (non-hydrogen) atoms. The summed E-state index contributed by atoms with van der Waals surface area (Å²) in [5.41, 5.74) is 12.9. The topological polar surface area (TPSA) is 24.7 Å². The first-order valence-corrected chi connectivity index (χ1v) is 19.1. The van der Waals surface area contributed by atoms with Gasteiger partial charge in [0.15, 0.2) is 5.84 Å². The van der Waals surface area contributed by atoms with Gasteiger partial charge in [0.2, 0.25) is 0 Å². The molecule has 0 aliphatic heterocycles. The van der Waals surface area contributed by atoms with Crippen molar-refractivity contribution in [2.45, 2.75) is 6.54 Å². The van der Waals surface area contributed by atoms with Crippen LogP contribution in [0.4, 0.5) is 0 Å². The molecule has 2 nitrogen and oxygen atoms in total. The lowest BCUT2D eigenvalue weighted by Gasteiger charge is -2.17. The van der Waals surface area contributed by atoms with Crippen LogP contribution >= 0.6 is 11.3 Å². The van der Waals surface area contributed by atoms with E-state index in [1.165, 1.54) is 64.7 Å². The zero-order valence-corrected chi connectivity index (χ0v) is 30.5. The van der Waals surface area contributed by atoms with Gasteiger partial charge in [-0.25, -0.2) is 4.99 Å². The van der Waals surface area contributed by atoms with Crippen LogP contribution in [0.3, 0.4) is 0 Å². The van der Waals surface area contributed by atoms with Crippen molar-refractivity contribution in [1.29, 1.82) is 0 Å². The van der Waals surface area contributed by atoms with E-state index in [1.807, 2.05) is 41.8 Å². The Morgan fingerprint density at radius 2 is 1.04 bits per heavy atom. The van der Waals surface area contributed by atoms with Crippen molar-refractivity contribution in [3.63, 3.8) is 0 Å². The molecule has 0 unspecified atom stereocenters. The van der Waals surface area contributed by atoms with Gasteiger partial charge in [-0.2, -0.15) is 0 Å². The van der Waals surface area contributed by atoms with E-state index in [0.717, 1.165) is 22.5 Å². The lowest BCUT2D eigenvalue weighted by atomic mass is 9.87. The molecule has 9 aromatic rings. The molecular formula is C51H36N2S. The van der Waals surface area contributed by atoms with Gasteiger partial charge >= 0.3 is 0 Å². The lowest BCUT2D eigenvalue weighted by Crippen LogP contribution is -1.99. The van der Waals surface area contributed by atoms with E-state index in [1.54, 1.807) is 0 Å². The molecule has 0 bridgehead atoms. The van der Waals surface area contributed by atoms with Gasteiger partial charge in [0.25, 0.3) is 0 Å². The normalized spacial score (nSPS) is 11.8. The van der Waals surface area contributed by atoms with Crippen LogP contribution in [0.15, 0.2) is 210 Å². The Hall–Kier alpha value is -6.68. The summed E-state index contributed by atoms with van der Waals surface area (Å²) in [7, 11) is 0. The van der Waals surface area contributed by atoms with E-state index in [2.05, 4.69) is 176 Å². The van der Waals surface area contributed by atoms with Crippen molar-refractivity contribution in [3.8, 4) is 44.5 Å². The van der Waals surface area contributed by atoms with E-state index in [-0.39, 0.29) is 0 Å². The molecule has 9 rings (SSSR count). The Labute approximate surface area is 320 Å². The highest BCUT2D eigenvalue weighted by atomic mass is 32.1. The van der Waals surface area contributed by atoms with E-state index in [0.29, 0.717) is 6.54 Å². The van der Waals surface area contributed by atoms with E-state index < -0.39 is 0 Å². The van der Waals surface area contributed by atoms with Crippen LogP contribution in [-0.4, -0.2) is 12.1 Å². The molecule has 256 valence electrons. The standard InChI is InChI=1S/C51H36N2S/c1-5-15-36(16-6-1)34-52-51(41-21-11-4-12-22-41)53-35-43-23-13-26-48-50(43)46-33-42(31-32-47(46)54-48)45-25-14-24-44(49(45)40-19-9-3-10-20-40)39-29-27-38(28-30-39)37-17-7-2-8-18-37/h1-33,35H,34H2. The maximum absolute atomic E-state index is 5.05. The van der Waals surface area contributed by atoms with Gasteiger partial charge in [-0.15, -0.1) is 11.3 Å². The first-order valence-electron chi connectivity index (χ1n) is 18.3. The molecule has 0 aliphatic rings. The second-order valence-electron chi connectivity index (χ2n) is 13.3. The molecular weight excluding hydrogens is 673 g/mol. The maximum Gasteiger partial charge on any atom is 0.154 e. The number of benzene rings is 8. The Balaban J connectivity index is 1.15. The van der Waals surface area contributed by atoms with Crippen molar-refractivity contribution in [1.82, 2.24) is 0 Å². The van der Waals surface area contributed by atoms with Crippen molar-refractivity contribution in [2.75, 3.05) is 0 Å². The summed E-state index contributed by atoms with van der Waals surface area (Å²) in [6, 6.07) is 71.0. The molecule has 0 saturated heterocycles. The first kappa shape index (κ1) is 33.2. The molecule has 0 radical (unpaired) electrons. The molecule has 0 fully saturated rings.